The molecule has 1 amide bonds. The molecule has 5 heteroatoms. The van der Waals surface area contributed by atoms with E-state index in [1.165, 1.54) is 0 Å². The van der Waals surface area contributed by atoms with E-state index in [-0.39, 0.29) is 5.91 Å². The van der Waals surface area contributed by atoms with Crippen LogP contribution in [0.15, 0.2) is 66.9 Å². The molecule has 0 bridgehead atoms. The lowest BCUT2D eigenvalue weighted by Crippen LogP contribution is -2.13. The minimum atomic E-state index is -0.155. The third kappa shape index (κ3) is 2.84. The number of rotatable bonds is 3. The number of nitrogens with zero attached hydrogens (tertiary/aromatic N) is 3. The maximum atomic E-state index is 12.9. The lowest BCUT2D eigenvalue weighted by Gasteiger charge is -2.10. The maximum Gasteiger partial charge on any atom is 0.256 e. The number of pyridine rings is 1. The van der Waals surface area contributed by atoms with E-state index in [0.29, 0.717) is 5.56 Å². The molecule has 0 saturated heterocycles. The monoisotopic (exact) mass is 342 g/mol. The Labute approximate surface area is 151 Å². The van der Waals surface area contributed by atoms with Gasteiger partial charge in [-0.15, -0.1) is 0 Å². The quantitative estimate of drug-likeness (QED) is 0.607. The molecule has 0 radical (unpaired) electrons. The summed E-state index contributed by atoms with van der Waals surface area (Å²) in [6.07, 6.45) is 1.78. The molecule has 26 heavy (non-hydrogen) atoms. The Kier molecular flexibility index (Phi) is 3.97. The van der Waals surface area contributed by atoms with Crippen LogP contribution in [0.2, 0.25) is 0 Å². The molecule has 5 nitrogen and oxygen atoms in total. The summed E-state index contributed by atoms with van der Waals surface area (Å²) < 4.78 is 1.80. The van der Waals surface area contributed by atoms with Crippen LogP contribution in [0.4, 0.5) is 5.69 Å². The number of fused-ring (bicyclic) bond motifs is 1. The maximum absolute atomic E-state index is 12.9. The Bertz CT molecular complexity index is 1100. The van der Waals surface area contributed by atoms with E-state index in [1.807, 2.05) is 74.6 Å². The van der Waals surface area contributed by atoms with E-state index in [4.69, 9.17) is 4.98 Å². The molecular weight excluding hydrogens is 324 g/mol. The molecule has 0 aliphatic heterocycles. The van der Waals surface area contributed by atoms with E-state index < -0.39 is 0 Å². The summed E-state index contributed by atoms with van der Waals surface area (Å²) in [4.78, 5) is 17.7. The van der Waals surface area contributed by atoms with Crippen molar-refractivity contribution in [3.63, 3.8) is 0 Å². The number of hydrogen-bond acceptors (Lipinski definition) is 3. The molecule has 1 N–H and O–H groups in total. The number of benzene rings is 2. The molecule has 0 unspecified atom stereocenters. The molecule has 128 valence electrons. The van der Waals surface area contributed by atoms with Crippen LogP contribution in [-0.2, 0) is 7.05 Å². The van der Waals surface area contributed by atoms with Crippen molar-refractivity contribution < 1.29 is 4.79 Å². The molecule has 0 aliphatic carbocycles. The lowest BCUT2D eigenvalue weighted by molar-refractivity contribution is 0.102. The molecule has 0 saturated carbocycles. The van der Waals surface area contributed by atoms with Crippen molar-refractivity contribution in [2.24, 2.45) is 7.05 Å². The van der Waals surface area contributed by atoms with E-state index in [9.17, 15) is 4.79 Å². The first-order valence-electron chi connectivity index (χ1n) is 8.38. The second-order valence-corrected chi connectivity index (χ2v) is 6.16. The number of carbonyl (C=O) groups excluding carboxylic acids is 1. The molecule has 0 atom stereocenters. The molecular formula is C21H18N4O. The number of aromatic nitrogens is 3. The highest BCUT2D eigenvalue weighted by Gasteiger charge is 2.16. The van der Waals surface area contributed by atoms with Gasteiger partial charge in [0.15, 0.2) is 0 Å². The summed E-state index contributed by atoms with van der Waals surface area (Å²) in [7, 11) is 1.89. The first kappa shape index (κ1) is 16.0. The van der Waals surface area contributed by atoms with Gasteiger partial charge in [0.25, 0.3) is 5.91 Å². The highest BCUT2D eigenvalue weighted by Crippen LogP contribution is 2.27. The largest absolute Gasteiger partial charge is 0.322 e. The van der Waals surface area contributed by atoms with Crippen LogP contribution in [0.25, 0.3) is 22.2 Å². The second-order valence-electron chi connectivity index (χ2n) is 6.16. The predicted molar refractivity (Wildman–Crippen MR) is 103 cm³/mol. The molecule has 2 aromatic heterocycles. The Morgan fingerprint density at radius 2 is 1.77 bits per heavy atom. The van der Waals surface area contributed by atoms with Gasteiger partial charge in [-0.1, -0.05) is 36.4 Å². The average molecular weight is 342 g/mol. The fourth-order valence-electron chi connectivity index (χ4n) is 2.97. The second kappa shape index (κ2) is 6.44. The Hall–Kier alpha value is -3.47. The van der Waals surface area contributed by atoms with Crippen LogP contribution in [0.5, 0.6) is 0 Å². The summed E-state index contributed by atoms with van der Waals surface area (Å²) in [5.74, 6) is -0.155. The van der Waals surface area contributed by atoms with Gasteiger partial charge in [-0.3, -0.25) is 9.48 Å². The third-order valence-electron chi connectivity index (χ3n) is 4.50. The number of anilines is 1. The number of para-hydroxylation sites is 2. The molecule has 2 aromatic carbocycles. The van der Waals surface area contributed by atoms with Gasteiger partial charge in [-0.2, -0.15) is 5.10 Å². The third-order valence-corrected chi connectivity index (χ3v) is 4.50. The van der Waals surface area contributed by atoms with Gasteiger partial charge in [-0.05, 0) is 31.2 Å². The van der Waals surface area contributed by atoms with E-state index >= 15 is 0 Å². The average Bonchev–Trinajstić information content (AvgIpc) is 3.00. The van der Waals surface area contributed by atoms with Crippen LogP contribution in [0, 0.1) is 6.92 Å². The van der Waals surface area contributed by atoms with Crippen molar-refractivity contribution in [2.45, 2.75) is 6.92 Å². The number of carbonyl (C=O) groups is 1. The van der Waals surface area contributed by atoms with E-state index in [0.717, 1.165) is 33.5 Å². The zero-order chi connectivity index (χ0) is 18.1. The Morgan fingerprint density at radius 3 is 2.50 bits per heavy atom. The van der Waals surface area contributed by atoms with Crippen LogP contribution < -0.4 is 5.32 Å². The molecule has 4 rings (SSSR count). The number of nitrogens with one attached hydrogen (secondary N) is 1. The van der Waals surface area contributed by atoms with Crippen LogP contribution in [-0.4, -0.2) is 20.7 Å². The summed E-state index contributed by atoms with van der Waals surface area (Å²) in [6, 6.07) is 19.0. The SMILES string of the molecule is Cc1c(-c2cc(C(=O)Nc3ccccc3)c3ccccc3n2)cnn1C. The zero-order valence-electron chi connectivity index (χ0n) is 14.6. The predicted octanol–water partition coefficient (Wildman–Crippen LogP) is 4.20. The normalized spacial score (nSPS) is 10.8. The lowest BCUT2D eigenvalue weighted by atomic mass is 10.0. The van der Waals surface area contributed by atoms with E-state index in [2.05, 4.69) is 10.4 Å². The number of amides is 1. The highest BCUT2D eigenvalue weighted by molar-refractivity contribution is 6.13. The topological polar surface area (TPSA) is 59.8 Å². The van der Waals surface area contributed by atoms with E-state index in [1.54, 1.807) is 10.9 Å². The summed E-state index contributed by atoms with van der Waals surface area (Å²) in [6.45, 7) is 1.99. The van der Waals surface area contributed by atoms with Crippen molar-refractivity contribution in [3.8, 4) is 11.3 Å². The van der Waals surface area contributed by atoms with Gasteiger partial charge >= 0.3 is 0 Å². The van der Waals surface area contributed by atoms with Crippen LogP contribution >= 0.6 is 0 Å². The smallest absolute Gasteiger partial charge is 0.256 e. The Morgan fingerprint density at radius 1 is 1.04 bits per heavy atom. The van der Waals surface area contributed by atoms with Crippen molar-refractivity contribution in [3.05, 3.63) is 78.1 Å². The zero-order valence-corrected chi connectivity index (χ0v) is 14.6. The van der Waals surface area contributed by atoms with Gasteiger partial charge in [0, 0.05) is 29.4 Å². The van der Waals surface area contributed by atoms with Crippen LogP contribution in [0.1, 0.15) is 16.1 Å². The van der Waals surface area contributed by atoms with Gasteiger partial charge in [-0.25, -0.2) is 4.98 Å². The minimum Gasteiger partial charge on any atom is -0.322 e. The molecule has 0 aliphatic rings. The standard InChI is InChI=1S/C21H18N4O/c1-14-18(13-22-25(14)2)20-12-17(16-10-6-7-11-19(16)24-20)21(26)23-15-8-4-3-5-9-15/h3-13H,1-2H3,(H,23,26). The van der Waals surface area contributed by atoms with Gasteiger partial charge in [0.1, 0.15) is 0 Å². The number of aryl methyl sites for hydroxylation is 1. The molecule has 0 fully saturated rings. The van der Waals surface area contributed by atoms with Gasteiger partial charge in [0.2, 0.25) is 0 Å². The highest BCUT2D eigenvalue weighted by atomic mass is 16.1. The first-order chi connectivity index (χ1) is 12.6. The summed E-state index contributed by atoms with van der Waals surface area (Å²) >= 11 is 0. The van der Waals surface area contributed by atoms with Crippen molar-refractivity contribution in [1.82, 2.24) is 14.8 Å². The fraction of sp³-hybridized carbons (Fsp3) is 0.0952. The fourth-order valence-corrected chi connectivity index (χ4v) is 2.97. The first-order valence-corrected chi connectivity index (χ1v) is 8.38. The summed E-state index contributed by atoms with van der Waals surface area (Å²) in [5, 5.41) is 8.08. The molecule has 2 heterocycles. The number of hydrogen-bond donors (Lipinski definition) is 1. The molecule has 4 aromatic rings. The molecule has 0 spiro atoms. The minimum absolute atomic E-state index is 0.155. The summed E-state index contributed by atoms with van der Waals surface area (Å²) in [5.41, 5.74) is 4.81. The van der Waals surface area contributed by atoms with Crippen molar-refractivity contribution >= 4 is 22.5 Å². The Balaban J connectivity index is 1.85. The van der Waals surface area contributed by atoms with Gasteiger partial charge in [0.05, 0.1) is 23.0 Å². The van der Waals surface area contributed by atoms with Crippen molar-refractivity contribution in [2.75, 3.05) is 5.32 Å². The van der Waals surface area contributed by atoms with Crippen LogP contribution in [0.3, 0.4) is 0 Å². The van der Waals surface area contributed by atoms with Crippen molar-refractivity contribution in [1.29, 1.82) is 0 Å². The van der Waals surface area contributed by atoms with Gasteiger partial charge < -0.3 is 5.32 Å².